The Hall–Kier alpha value is -3.28. The third kappa shape index (κ3) is 3.97. The van der Waals surface area contributed by atoms with Gasteiger partial charge in [-0.1, -0.05) is 13.8 Å². The molecule has 0 bridgehead atoms. The topological polar surface area (TPSA) is 173 Å². The number of carbonyl (C=O) groups excluding carboxylic acids is 3. The van der Waals surface area contributed by atoms with Gasteiger partial charge >= 0.3 is 0 Å². The zero-order chi connectivity index (χ0) is 29.3. The molecule has 0 fully saturated rings. The molecule has 1 aliphatic heterocycles. The van der Waals surface area contributed by atoms with E-state index in [0.29, 0.717) is 30.5 Å². The first-order valence-electron chi connectivity index (χ1n) is 13.8. The Labute approximate surface area is 231 Å². The number of phenols is 1. The Morgan fingerprint density at radius 1 is 1.18 bits per heavy atom. The van der Waals surface area contributed by atoms with Crippen molar-refractivity contribution in [3.63, 3.8) is 0 Å². The number of nitrogens with zero attached hydrogens (tertiary/aromatic N) is 1. The van der Waals surface area contributed by atoms with E-state index in [9.17, 15) is 34.8 Å². The fourth-order valence-corrected chi connectivity index (χ4v) is 7.03. The maximum absolute atomic E-state index is 16.2. The molecule has 5 atom stereocenters. The number of amides is 1. The second-order valence-corrected chi connectivity index (χ2v) is 11.8. The molecule has 1 heterocycles. The van der Waals surface area contributed by atoms with Gasteiger partial charge in [0.05, 0.1) is 11.6 Å². The number of benzene rings is 1. The lowest BCUT2D eigenvalue weighted by atomic mass is 9.58. The molecule has 3 aliphatic carbocycles. The molecular weight excluding hydrogens is 521 g/mol. The number of nitrogens with one attached hydrogen (secondary N) is 1. The highest BCUT2D eigenvalue weighted by atomic mass is 19.1. The standard InChI is InChI=1S/C29H36FN3O7/c1-4-6-32-22-17-10-13-9-15-19(23(34)14-8-12(2)5-7-33(3)11-16(14)21(15)30)24(35)18(13)26(37)29(17,40)27(38)20(25(22)36)28(31)39/h12-13,17,22,32,34,36-37,40H,4-11H2,1-3H3,(H2,31,39)/t12?,13-,17-,22-,29-/m0/s1. The Bertz CT molecular complexity index is 1390. The van der Waals surface area contributed by atoms with E-state index in [1.165, 1.54) is 0 Å². The van der Waals surface area contributed by atoms with E-state index in [0.717, 1.165) is 13.0 Å². The molecule has 0 spiro atoms. The molecule has 0 saturated heterocycles. The molecule has 0 saturated carbocycles. The van der Waals surface area contributed by atoms with Gasteiger partial charge in [0.1, 0.15) is 28.7 Å². The molecule has 4 aliphatic rings. The van der Waals surface area contributed by atoms with Crippen LogP contribution < -0.4 is 11.1 Å². The number of aliphatic hydroxyl groups is 3. The monoisotopic (exact) mass is 557 g/mol. The van der Waals surface area contributed by atoms with Gasteiger partial charge in [-0.2, -0.15) is 0 Å². The highest BCUT2D eigenvalue weighted by Gasteiger charge is 2.63. The van der Waals surface area contributed by atoms with Crippen LogP contribution in [0.1, 0.15) is 60.2 Å². The summed E-state index contributed by atoms with van der Waals surface area (Å²) >= 11 is 0. The lowest BCUT2D eigenvalue weighted by Gasteiger charge is -2.49. The predicted octanol–water partition coefficient (Wildman–Crippen LogP) is 1.71. The van der Waals surface area contributed by atoms with Crippen molar-refractivity contribution in [1.29, 1.82) is 0 Å². The van der Waals surface area contributed by atoms with Crippen molar-refractivity contribution in [3.8, 4) is 5.75 Å². The lowest BCUT2D eigenvalue weighted by molar-refractivity contribution is -0.146. The van der Waals surface area contributed by atoms with Crippen molar-refractivity contribution < 1.29 is 39.2 Å². The van der Waals surface area contributed by atoms with Crippen molar-refractivity contribution in [3.05, 3.63) is 50.7 Å². The summed E-state index contributed by atoms with van der Waals surface area (Å²) in [5.74, 6) is -7.85. The van der Waals surface area contributed by atoms with Gasteiger partial charge in [-0.3, -0.25) is 14.4 Å². The number of aliphatic hydroxyl groups excluding tert-OH is 2. The molecule has 5 rings (SSSR count). The molecule has 216 valence electrons. The highest BCUT2D eigenvalue weighted by molar-refractivity contribution is 6.24. The van der Waals surface area contributed by atoms with E-state index in [-0.39, 0.29) is 47.8 Å². The van der Waals surface area contributed by atoms with E-state index >= 15 is 4.39 Å². The second-order valence-electron chi connectivity index (χ2n) is 11.8. The molecule has 1 amide bonds. The van der Waals surface area contributed by atoms with Gasteiger partial charge in [0.2, 0.25) is 5.78 Å². The van der Waals surface area contributed by atoms with Crippen molar-refractivity contribution in [1.82, 2.24) is 10.2 Å². The summed E-state index contributed by atoms with van der Waals surface area (Å²) in [6.45, 7) is 5.20. The number of hydrogen-bond donors (Lipinski definition) is 6. The average Bonchev–Trinajstić information content (AvgIpc) is 2.88. The van der Waals surface area contributed by atoms with Crippen LogP contribution in [0.25, 0.3) is 0 Å². The zero-order valence-corrected chi connectivity index (χ0v) is 22.9. The third-order valence-corrected chi connectivity index (χ3v) is 9.11. The number of rotatable bonds is 4. The number of primary amides is 1. The highest BCUT2D eigenvalue weighted by Crippen LogP contribution is 2.52. The zero-order valence-electron chi connectivity index (χ0n) is 22.9. The first kappa shape index (κ1) is 28.3. The maximum atomic E-state index is 16.2. The second kappa shape index (κ2) is 9.97. The van der Waals surface area contributed by atoms with E-state index < -0.39 is 63.9 Å². The van der Waals surface area contributed by atoms with Crippen molar-refractivity contribution in [2.24, 2.45) is 23.5 Å². The van der Waals surface area contributed by atoms with E-state index in [1.807, 2.05) is 25.8 Å². The van der Waals surface area contributed by atoms with Gasteiger partial charge in [0.25, 0.3) is 5.91 Å². The number of hydrogen-bond acceptors (Lipinski definition) is 9. The molecule has 1 aromatic rings. The van der Waals surface area contributed by atoms with Gasteiger partial charge in [0.15, 0.2) is 11.4 Å². The Morgan fingerprint density at radius 2 is 1.88 bits per heavy atom. The molecular formula is C29H36FN3O7. The quantitative estimate of drug-likeness (QED) is 0.301. The smallest absolute Gasteiger partial charge is 0.255 e. The van der Waals surface area contributed by atoms with Crippen LogP contribution in [-0.2, 0) is 29.0 Å². The fourth-order valence-electron chi connectivity index (χ4n) is 7.03. The SMILES string of the molecule is CCCN[C@@H]1C(O)=C(C(N)=O)C(=O)[C@@]2(O)C(O)=C3C(=O)c4c(O)c5c(c(F)c4C[C@H]3C[C@@H]12)CN(C)CCC(C)C5. The third-order valence-electron chi connectivity index (χ3n) is 9.11. The molecule has 7 N–H and O–H groups in total. The molecule has 10 nitrogen and oxygen atoms in total. The van der Waals surface area contributed by atoms with Crippen molar-refractivity contribution >= 4 is 17.5 Å². The number of aromatic hydroxyl groups is 1. The number of ketones is 2. The predicted molar refractivity (Wildman–Crippen MR) is 142 cm³/mol. The molecule has 40 heavy (non-hydrogen) atoms. The molecule has 11 heteroatoms. The first-order valence-corrected chi connectivity index (χ1v) is 13.8. The maximum Gasteiger partial charge on any atom is 0.255 e. The van der Waals surface area contributed by atoms with Crippen LogP contribution in [0.2, 0.25) is 0 Å². The van der Waals surface area contributed by atoms with E-state index in [2.05, 4.69) is 5.32 Å². The fraction of sp³-hybridized carbons (Fsp3) is 0.552. The number of phenolic OH excluding ortho intramolecular Hbond substituents is 1. The minimum atomic E-state index is -2.73. The lowest BCUT2D eigenvalue weighted by Crippen LogP contribution is -2.64. The Balaban J connectivity index is 1.70. The number of carbonyl (C=O) groups is 3. The van der Waals surface area contributed by atoms with Crippen LogP contribution in [0, 0.1) is 23.6 Å². The van der Waals surface area contributed by atoms with Crippen LogP contribution in [-0.4, -0.2) is 74.6 Å². The van der Waals surface area contributed by atoms with Crippen LogP contribution in [0.5, 0.6) is 5.75 Å². The van der Waals surface area contributed by atoms with Crippen molar-refractivity contribution in [2.75, 3.05) is 20.1 Å². The Morgan fingerprint density at radius 3 is 2.52 bits per heavy atom. The van der Waals surface area contributed by atoms with Crippen molar-refractivity contribution in [2.45, 2.75) is 64.1 Å². The average molecular weight is 558 g/mol. The van der Waals surface area contributed by atoms with Gasteiger partial charge in [-0.25, -0.2) is 4.39 Å². The summed E-state index contributed by atoms with van der Waals surface area (Å²) in [7, 11) is 1.87. The largest absolute Gasteiger partial charge is 0.510 e. The number of Topliss-reactive ketones (excluding diaryl/α,β-unsaturated/α-hetero) is 2. The minimum Gasteiger partial charge on any atom is -0.510 e. The summed E-state index contributed by atoms with van der Waals surface area (Å²) in [5, 5.41) is 48.4. The van der Waals surface area contributed by atoms with Gasteiger partial charge in [0, 0.05) is 34.7 Å². The number of allylic oxidation sites excluding steroid dienone is 1. The summed E-state index contributed by atoms with van der Waals surface area (Å²) in [6.07, 6.45) is 1.64. The Kier molecular flexibility index (Phi) is 7.04. The van der Waals surface area contributed by atoms with E-state index in [1.54, 1.807) is 0 Å². The molecule has 0 radical (unpaired) electrons. The number of halogens is 1. The minimum absolute atomic E-state index is 0.0349. The summed E-state index contributed by atoms with van der Waals surface area (Å²) in [5.41, 5.74) is 1.94. The summed E-state index contributed by atoms with van der Waals surface area (Å²) in [6, 6.07) is -1.13. The van der Waals surface area contributed by atoms with Gasteiger partial charge in [-0.15, -0.1) is 0 Å². The molecule has 1 aromatic carbocycles. The van der Waals surface area contributed by atoms with Crippen LogP contribution in [0.4, 0.5) is 4.39 Å². The number of fused-ring (bicyclic) bond motifs is 4. The van der Waals surface area contributed by atoms with E-state index in [4.69, 9.17) is 5.73 Å². The number of nitrogens with two attached hydrogens (primary N) is 1. The van der Waals surface area contributed by atoms with Crippen LogP contribution in [0.15, 0.2) is 22.7 Å². The molecule has 0 aromatic heterocycles. The summed E-state index contributed by atoms with van der Waals surface area (Å²) < 4.78 is 16.2. The van der Waals surface area contributed by atoms with Gasteiger partial charge in [-0.05, 0) is 64.1 Å². The normalized spacial score (nSPS) is 30.7. The summed E-state index contributed by atoms with van der Waals surface area (Å²) in [4.78, 5) is 41.5. The van der Waals surface area contributed by atoms with Crippen LogP contribution in [0.3, 0.4) is 0 Å². The van der Waals surface area contributed by atoms with Crippen LogP contribution >= 0.6 is 0 Å². The first-order chi connectivity index (χ1) is 18.8. The van der Waals surface area contributed by atoms with Gasteiger partial charge < -0.3 is 36.4 Å². The molecule has 1 unspecified atom stereocenters.